The van der Waals surface area contributed by atoms with Gasteiger partial charge in [0.15, 0.2) is 29.4 Å². The van der Waals surface area contributed by atoms with E-state index in [2.05, 4.69) is 0 Å². The molecule has 1 radical (unpaired) electrons. The average molecular weight is 424 g/mol. The van der Waals surface area contributed by atoms with E-state index in [4.69, 9.17) is 5.11 Å². The Morgan fingerprint density at radius 2 is 1.12 bits per heavy atom. The Hall–Kier alpha value is -1.04. The minimum atomic E-state index is -5.83. The van der Waals surface area contributed by atoms with E-state index in [9.17, 15) is 49.0 Å². The van der Waals surface area contributed by atoms with Crippen LogP contribution in [-0.2, 0) is 23.2 Å². The van der Waals surface area contributed by atoms with Gasteiger partial charge in [0.2, 0.25) is 0 Å². The molecule has 2 nitrogen and oxygen atoms in total. The fourth-order valence-corrected chi connectivity index (χ4v) is 1.65. The molecule has 2 atom stereocenters. The van der Waals surface area contributed by atoms with Crippen molar-refractivity contribution in [3.63, 3.8) is 0 Å². The van der Waals surface area contributed by atoms with E-state index in [1.807, 2.05) is 0 Å². The first kappa shape index (κ1) is 23.0. The summed E-state index contributed by atoms with van der Waals surface area (Å²) in [6.45, 7) is 0. The molecule has 2 N–H and O–H groups in total. The quantitative estimate of drug-likeness (QED) is 0.443. The standard InChI is InChI=1S/C11H6F10O2.Cu/c12-6-4(2(22)1-3(23)10(16,17)18)7(13)9(15)5(8(6)14)11(19,20)21;/h2-3,22-23H,1H2;. The van der Waals surface area contributed by atoms with Gasteiger partial charge < -0.3 is 10.2 Å². The van der Waals surface area contributed by atoms with Crippen molar-refractivity contribution in [3.8, 4) is 0 Å². The van der Waals surface area contributed by atoms with Crippen LogP contribution in [0.5, 0.6) is 0 Å². The molecule has 0 aliphatic carbocycles. The van der Waals surface area contributed by atoms with Crippen molar-refractivity contribution >= 4 is 0 Å². The molecular formula is C11H6CuF10O2. The van der Waals surface area contributed by atoms with Gasteiger partial charge in [-0.1, -0.05) is 0 Å². The largest absolute Gasteiger partial charge is 0.422 e. The van der Waals surface area contributed by atoms with Gasteiger partial charge in [0.1, 0.15) is 5.56 Å². The summed E-state index contributed by atoms with van der Waals surface area (Å²) in [4.78, 5) is 0. The third-order valence-electron chi connectivity index (χ3n) is 2.74. The van der Waals surface area contributed by atoms with Crippen LogP contribution in [0.2, 0.25) is 0 Å². The zero-order valence-corrected chi connectivity index (χ0v) is 11.8. The van der Waals surface area contributed by atoms with Gasteiger partial charge in [-0.05, 0) is 0 Å². The van der Waals surface area contributed by atoms with Crippen molar-refractivity contribution in [1.29, 1.82) is 0 Å². The number of alkyl halides is 6. The molecule has 0 fully saturated rings. The molecule has 0 aliphatic heterocycles. The van der Waals surface area contributed by atoms with Crippen molar-refractivity contribution in [2.75, 3.05) is 0 Å². The molecule has 13 heteroatoms. The molecule has 0 aliphatic rings. The monoisotopic (exact) mass is 423 g/mol. The van der Waals surface area contributed by atoms with E-state index in [0.717, 1.165) is 0 Å². The Morgan fingerprint density at radius 1 is 0.750 bits per heavy atom. The predicted octanol–water partition coefficient (Wildman–Crippen LogP) is 3.61. The second-order valence-electron chi connectivity index (χ2n) is 4.35. The number of benzene rings is 1. The van der Waals surface area contributed by atoms with Crippen LogP contribution >= 0.6 is 0 Å². The van der Waals surface area contributed by atoms with Gasteiger partial charge in [0, 0.05) is 23.5 Å². The summed E-state index contributed by atoms with van der Waals surface area (Å²) in [6.07, 6.45) is -19.3. The molecule has 0 amide bonds. The Kier molecular flexibility index (Phi) is 7.14. The maximum absolute atomic E-state index is 13.4. The Balaban J connectivity index is 0.00000529. The van der Waals surface area contributed by atoms with Gasteiger partial charge in [-0.3, -0.25) is 0 Å². The number of hydrogen-bond donors (Lipinski definition) is 2. The van der Waals surface area contributed by atoms with E-state index in [1.165, 1.54) is 0 Å². The maximum atomic E-state index is 13.4. The molecular weight excluding hydrogens is 418 g/mol. The molecule has 143 valence electrons. The van der Waals surface area contributed by atoms with E-state index < -0.39 is 65.4 Å². The summed E-state index contributed by atoms with van der Waals surface area (Å²) in [6, 6.07) is 0. The first-order chi connectivity index (χ1) is 10.2. The minimum absolute atomic E-state index is 0. The van der Waals surface area contributed by atoms with Crippen molar-refractivity contribution in [1.82, 2.24) is 0 Å². The summed E-state index contributed by atoms with van der Waals surface area (Å²) in [5, 5.41) is 17.8. The van der Waals surface area contributed by atoms with Crippen LogP contribution in [0.15, 0.2) is 0 Å². The third kappa shape index (κ3) is 4.52. The Bertz CT molecular complexity index is 569. The zero-order chi connectivity index (χ0) is 18.3. The van der Waals surface area contributed by atoms with Crippen LogP contribution in [0.1, 0.15) is 23.7 Å². The summed E-state index contributed by atoms with van der Waals surface area (Å²) < 4.78 is 126. The molecule has 2 unspecified atom stereocenters. The predicted molar refractivity (Wildman–Crippen MR) is 52.9 cm³/mol. The van der Waals surface area contributed by atoms with Crippen molar-refractivity contribution in [2.24, 2.45) is 0 Å². The molecule has 0 spiro atoms. The number of aliphatic hydroxyl groups excluding tert-OH is 2. The Morgan fingerprint density at radius 3 is 1.42 bits per heavy atom. The van der Waals surface area contributed by atoms with Crippen molar-refractivity contribution in [2.45, 2.75) is 31.0 Å². The molecule has 0 saturated carbocycles. The maximum Gasteiger partial charge on any atom is 0.422 e. The second-order valence-corrected chi connectivity index (χ2v) is 4.35. The van der Waals surface area contributed by atoms with Crippen LogP contribution in [0.4, 0.5) is 43.9 Å². The van der Waals surface area contributed by atoms with Gasteiger partial charge in [-0.15, -0.1) is 0 Å². The van der Waals surface area contributed by atoms with Crippen LogP contribution in [0, 0.1) is 23.3 Å². The van der Waals surface area contributed by atoms with Gasteiger partial charge >= 0.3 is 12.4 Å². The summed E-state index contributed by atoms with van der Waals surface area (Å²) in [5.74, 6) is -11.3. The molecule has 0 heterocycles. The van der Waals surface area contributed by atoms with Crippen molar-refractivity contribution < 1.29 is 71.2 Å². The first-order valence-electron chi connectivity index (χ1n) is 5.55. The summed E-state index contributed by atoms with van der Waals surface area (Å²) in [7, 11) is 0. The number of halogens is 10. The van der Waals surface area contributed by atoms with Gasteiger partial charge in [-0.25, -0.2) is 17.6 Å². The molecule has 0 bridgehead atoms. The minimum Gasteiger partial charge on any atom is -0.388 e. The van der Waals surface area contributed by atoms with Crippen LogP contribution in [0.3, 0.4) is 0 Å². The van der Waals surface area contributed by atoms with E-state index in [1.54, 1.807) is 0 Å². The third-order valence-corrected chi connectivity index (χ3v) is 2.74. The molecule has 24 heavy (non-hydrogen) atoms. The molecule has 0 aromatic heterocycles. The van der Waals surface area contributed by atoms with Crippen LogP contribution in [-0.4, -0.2) is 22.5 Å². The normalized spacial score (nSPS) is 15.0. The van der Waals surface area contributed by atoms with Crippen molar-refractivity contribution in [3.05, 3.63) is 34.4 Å². The molecule has 1 rings (SSSR count). The topological polar surface area (TPSA) is 40.5 Å². The Labute approximate surface area is 137 Å². The van der Waals surface area contributed by atoms with Gasteiger partial charge in [0.25, 0.3) is 0 Å². The fourth-order valence-electron chi connectivity index (χ4n) is 1.65. The molecule has 1 aromatic carbocycles. The van der Waals surface area contributed by atoms with E-state index in [0.29, 0.717) is 0 Å². The van der Waals surface area contributed by atoms with Crippen LogP contribution < -0.4 is 0 Å². The molecule has 1 aromatic rings. The number of aliphatic hydroxyl groups is 2. The second kappa shape index (κ2) is 7.46. The van der Waals surface area contributed by atoms with Gasteiger partial charge in [-0.2, -0.15) is 26.3 Å². The van der Waals surface area contributed by atoms with Crippen LogP contribution in [0.25, 0.3) is 0 Å². The fraction of sp³-hybridized carbons (Fsp3) is 0.455. The number of hydrogen-bond acceptors (Lipinski definition) is 2. The molecule has 0 saturated heterocycles. The SMILES string of the molecule is OC(CC(O)C(F)(F)F)c1c(F)c(F)c(C(F)(F)F)c(F)c1F.[Cu]. The summed E-state index contributed by atoms with van der Waals surface area (Å²) >= 11 is 0. The zero-order valence-electron chi connectivity index (χ0n) is 10.8. The number of rotatable bonds is 3. The smallest absolute Gasteiger partial charge is 0.388 e. The van der Waals surface area contributed by atoms with E-state index in [-0.39, 0.29) is 17.1 Å². The van der Waals surface area contributed by atoms with Gasteiger partial charge in [0.05, 0.1) is 11.7 Å². The average Bonchev–Trinajstić information content (AvgIpc) is 2.34. The first-order valence-corrected chi connectivity index (χ1v) is 5.55. The van der Waals surface area contributed by atoms with E-state index >= 15 is 0 Å². The summed E-state index contributed by atoms with van der Waals surface area (Å²) in [5.41, 5.74) is -5.02.